The fraction of sp³-hybridized carbons (Fsp3) is 0.409. The Morgan fingerprint density at radius 2 is 1.87 bits per heavy atom. The van der Waals surface area contributed by atoms with Crippen LogP contribution in [0.15, 0.2) is 42.6 Å². The largest absolute Gasteiger partial charge is 0.484 e. The molecule has 1 amide bonds. The van der Waals surface area contributed by atoms with Gasteiger partial charge in [0.2, 0.25) is 0 Å². The highest BCUT2D eigenvalue weighted by Gasteiger charge is 2.22. The summed E-state index contributed by atoms with van der Waals surface area (Å²) in [7, 11) is 2.79. The maximum atomic E-state index is 14.2. The summed E-state index contributed by atoms with van der Waals surface area (Å²) < 4.78 is 30.0. The van der Waals surface area contributed by atoms with Gasteiger partial charge in [-0.3, -0.25) is 0 Å². The zero-order valence-corrected chi connectivity index (χ0v) is 17.8. The van der Waals surface area contributed by atoms with Crippen LogP contribution in [-0.4, -0.2) is 48.2 Å². The molecule has 0 saturated heterocycles. The molecule has 0 fully saturated rings. The Morgan fingerprint density at radius 3 is 2.43 bits per heavy atom. The van der Waals surface area contributed by atoms with E-state index in [1.807, 2.05) is 30.3 Å². The number of nitrogens with zero attached hydrogens (tertiary/aromatic N) is 2. The summed E-state index contributed by atoms with van der Waals surface area (Å²) in [6.45, 7) is 5.75. The number of rotatable bonds is 7. The van der Waals surface area contributed by atoms with Crippen molar-refractivity contribution in [2.45, 2.75) is 38.9 Å². The first-order chi connectivity index (χ1) is 14.1. The number of hydrogen-bond acceptors (Lipinski definition) is 6. The Balaban J connectivity index is 2.14. The molecule has 0 unspecified atom stereocenters. The molecule has 0 spiro atoms. The van der Waals surface area contributed by atoms with E-state index in [2.05, 4.69) is 9.72 Å². The van der Waals surface area contributed by atoms with Crippen LogP contribution in [0.2, 0.25) is 0 Å². The van der Waals surface area contributed by atoms with Crippen LogP contribution in [0.4, 0.5) is 9.18 Å². The fourth-order valence-corrected chi connectivity index (χ4v) is 2.60. The Kier molecular flexibility index (Phi) is 7.74. The summed E-state index contributed by atoms with van der Waals surface area (Å²) >= 11 is 0. The monoisotopic (exact) mass is 418 g/mol. The van der Waals surface area contributed by atoms with E-state index >= 15 is 0 Å². The Hall–Kier alpha value is -3.16. The zero-order chi connectivity index (χ0) is 22.3. The van der Waals surface area contributed by atoms with Crippen molar-refractivity contribution >= 4 is 12.1 Å². The predicted octanol–water partition coefficient (Wildman–Crippen LogP) is 4.38. The van der Waals surface area contributed by atoms with E-state index in [0.29, 0.717) is 13.0 Å². The smallest absolute Gasteiger partial charge is 0.410 e. The first kappa shape index (κ1) is 23.1. The maximum absolute atomic E-state index is 14.2. The molecule has 0 aliphatic rings. The molecule has 1 aromatic carbocycles. The second-order valence-electron chi connectivity index (χ2n) is 7.70. The molecule has 0 aliphatic carbocycles. The molecule has 30 heavy (non-hydrogen) atoms. The number of esters is 1. The number of carbonyl (C=O) groups excluding carboxylic acids is 2. The molecule has 0 N–H and O–H groups in total. The molecule has 0 bridgehead atoms. The lowest BCUT2D eigenvalue weighted by molar-refractivity contribution is 0.0278. The molecule has 0 saturated carbocycles. The minimum atomic E-state index is -0.863. The number of carbonyl (C=O) groups is 2. The summed E-state index contributed by atoms with van der Waals surface area (Å²) in [5.41, 5.74) is -0.149. The summed E-state index contributed by atoms with van der Waals surface area (Å²) in [6.07, 6.45) is 0.786. The minimum Gasteiger partial charge on any atom is -0.484 e. The third-order valence-corrected chi connectivity index (χ3v) is 4.08. The van der Waals surface area contributed by atoms with E-state index in [1.54, 1.807) is 27.8 Å². The topological polar surface area (TPSA) is 78.0 Å². The van der Waals surface area contributed by atoms with Crippen LogP contribution in [0.25, 0.3) is 0 Å². The highest BCUT2D eigenvalue weighted by molar-refractivity contribution is 5.87. The Morgan fingerprint density at radius 1 is 1.20 bits per heavy atom. The average Bonchev–Trinajstić information content (AvgIpc) is 2.69. The number of halogens is 1. The standard InChI is InChI=1S/C22H27FN2O5/c1-22(2,3)30-21(27)25(4)12-11-18(15-9-7-6-8-10-15)29-16-13-17(23)19(24-14-16)20(26)28-5/h6-10,13-14,18H,11-12H2,1-5H3/t18-/m0/s1. The van der Waals surface area contributed by atoms with Crippen LogP contribution < -0.4 is 4.74 Å². The van der Waals surface area contributed by atoms with Gasteiger partial charge in [0.05, 0.1) is 13.3 Å². The first-order valence-electron chi connectivity index (χ1n) is 9.50. The van der Waals surface area contributed by atoms with Gasteiger partial charge < -0.3 is 19.1 Å². The highest BCUT2D eigenvalue weighted by atomic mass is 19.1. The van der Waals surface area contributed by atoms with Crippen molar-refractivity contribution < 1.29 is 28.2 Å². The predicted molar refractivity (Wildman–Crippen MR) is 109 cm³/mol. The molecule has 8 heteroatoms. The van der Waals surface area contributed by atoms with E-state index in [9.17, 15) is 14.0 Å². The van der Waals surface area contributed by atoms with Crippen molar-refractivity contribution in [3.05, 3.63) is 59.7 Å². The molecule has 2 rings (SSSR count). The van der Waals surface area contributed by atoms with Gasteiger partial charge in [-0.1, -0.05) is 30.3 Å². The van der Waals surface area contributed by atoms with Gasteiger partial charge in [-0.2, -0.15) is 0 Å². The van der Waals surface area contributed by atoms with E-state index < -0.39 is 35.3 Å². The second kappa shape index (κ2) is 10.0. The van der Waals surface area contributed by atoms with Crippen molar-refractivity contribution in [2.24, 2.45) is 0 Å². The molecule has 1 aromatic heterocycles. The number of ether oxygens (including phenoxy) is 3. The molecule has 0 radical (unpaired) electrons. The van der Waals surface area contributed by atoms with Gasteiger partial charge in [-0.25, -0.2) is 19.0 Å². The third kappa shape index (κ3) is 6.72. The second-order valence-corrected chi connectivity index (χ2v) is 7.70. The number of aromatic nitrogens is 1. The van der Waals surface area contributed by atoms with E-state index in [4.69, 9.17) is 9.47 Å². The van der Waals surface area contributed by atoms with Gasteiger partial charge in [0, 0.05) is 26.1 Å². The van der Waals surface area contributed by atoms with Crippen molar-refractivity contribution in [3.63, 3.8) is 0 Å². The average molecular weight is 418 g/mol. The van der Waals surface area contributed by atoms with Gasteiger partial charge in [0.25, 0.3) is 0 Å². The lowest BCUT2D eigenvalue weighted by Gasteiger charge is -2.26. The molecule has 1 heterocycles. The maximum Gasteiger partial charge on any atom is 0.410 e. The summed E-state index contributed by atoms with van der Waals surface area (Å²) in [5.74, 6) is -1.54. The van der Waals surface area contributed by atoms with Crippen LogP contribution in [0.1, 0.15) is 49.3 Å². The molecule has 2 aromatic rings. The van der Waals surface area contributed by atoms with Crippen LogP contribution in [0, 0.1) is 5.82 Å². The number of methoxy groups -OCH3 is 1. The summed E-state index contributed by atoms with van der Waals surface area (Å²) in [6, 6.07) is 10.5. The van der Waals surface area contributed by atoms with Crippen molar-refractivity contribution in [3.8, 4) is 5.75 Å². The first-order valence-corrected chi connectivity index (χ1v) is 9.50. The highest BCUT2D eigenvalue weighted by Crippen LogP contribution is 2.26. The van der Waals surface area contributed by atoms with Crippen LogP contribution in [0.3, 0.4) is 0 Å². The molecule has 162 valence electrons. The van der Waals surface area contributed by atoms with Crippen LogP contribution >= 0.6 is 0 Å². The number of hydrogen-bond donors (Lipinski definition) is 0. The van der Waals surface area contributed by atoms with Crippen molar-refractivity contribution in [1.82, 2.24) is 9.88 Å². The van der Waals surface area contributed by atoms with Crippen LogP contribution in [-0.2, 0) is 9.47 Å². The fourth-order valence-electron chi connectivity index (χ4n) is 2.60. The molecular weight excluding hydrogens is 391 g/mol. The minimum absolute atomic E-state index is 0.161. The molecule has 1 atom stereocenters. The summed E-state index contributed by atoms with van der Waals surface area (Å²) in [5, 5.41) is 0. The van der Waals surface area contributed by atoms with E-state index in [0.717, 1.165) is 18.7 Å². The molecule has 0 aliphatic heterocycles. The zero-order valence-electron chi connectivity index (χ0n) is 17.8. The molecule has 7 nitrogen and oxygen atoms in total. The van der Waals surface area contributed by atoms with E-state index in [-0.39, 0.29) is 5.75 Å². The lowest BCUT2D eigenvalue weighted by atomic mass is 10.1. The van der Waals surface area contributed by atoms with Gasteiger partial charge in [0.15, 0.2) is 11.5 Å². The van der Waals surface area contributed by atoms with Gasteiger partial charge in [-0.15, -0.1) is 0 Å². The summed E-state index contributed by atoms with van der Waals surface area (Å²) in [4.78, 5) is 29.0. The van der Waals surface area contributed by atoms with Gasteiger partial charge >= 0.3 is 12.1 Å². The number of amides is 1. The van der Waals surface area contributed by atoms with Gasteiger partial charge in [-0.05, 0) is 26.3 Å². The van der Waals surface area contributed by atoms with Crippen molar-refractivity contribution in [1.29, 1.82) is 0 Å². The quantitative estimate of drug-likeness (QED) is 0.621. The van der Waals surface area contributed by atoms with Crippen LogP contribution in [0.5, 0.6) is 5.75 Å². The van der Waals surface area contributed by atoms with Gasteiger partial charge in [0.1, 0.15) is 17.5 Å². The SMILES string of the molecule is COC(=O)c1ncc(O[C@@H](CCN(C)C(=O)OC(C)(C)C)c2ccccc2)cc1F. The van der Waals surface area contributed by atoms with Crippen molar-refractivity contribution in [2.75, 3.05) is 20.7 Å². The third-order valence-electron chi connectivity index (χ3n) is 4.08. The van der Waals surface area contributed by atoms with E-state index in [1.165, 1.54) is 11.1 Å². The Bertz CT molecular complexity index is 868. The number of pyridine rings is 1. The Labute approximate surface area is 175 Å². The molecular formula is C22H27FN2O5. The normalized spacial score (nSPS) is 12.1. The lowest BCUT2D eigenvalue weighted by Crippen LogP contribution is -2.35. The number of benzene rings is 1.